The van der Waals surface area contributed by atoms with Crippen molar-refractivity contribution in [3.05, 3.63) is 95.4 Å². The maximum absolute atomic E-state index is 5.39. The van der Waals surface area contributed by atoms with Gasteiger partial charge in [0, 0.05) is 50.7 Å². The molecular formula is C28H32N2O4. The molecule has 0 spiro atoms. The minimum atomic E-state index is 0.792. The number of allylic oxidation sites excluding steroid dienone is 4. The van der Waals surface area contributed by atoms with E-state index in [0.717, 1.165) is 60.3 Å². The summed E-state index contributed by atoms with van der Waals surface area (Å²) in [6.07, 6.45) is 13.2. The second kappa shape index (κ2) is 10.9. The molecule has 0 atom stereocenters. The van der Waals surface area contributed by atoms with Gasteiger partial charge in [0.15, 0.2) is 0 Å². The van der Waals surface area contributed by atoms with Gasteiger partial charge in [-0.1, -0.05) is 12.2 Å². The molecule has 4 rings (SSSR count). The van der Waals surface area contributed by atoms with E-state index in [2.05, 4.69) is 70.8 Å². The van der Waals surface area contributed by atoms with Crippen LogP contribution in [0.25, 0.3) is 0 Å². The van der Waals surface area contributed by atoms with Crippen molar-refractivity contribution < 1.29 is 18.9 Å². The maximum atomic E-state index is 5.39. The maximum Gasteiger partial charge on any atom is 0.122 e. The molecule has 6 heteroatoms. The van der Waals surface area contributed by atoms with E-state index in [1.165, 1.54) is 11.1 Å². The Hall–Kier alpha value is -3.80. The zero-order valence-corrected chi connectivity index (χ0v) is 20.3. The quantitative estimate of drug-likeness (QED) is 0.529. The highest BCUT2D eigenvalue weighted by Crippen LogP contribution is 2.27. The van der Waals surface area contributed by atoms with Gasteiger partial charge >= 0.3 is 0 Å². The van der Waals surface area contributed by atoms with E-state index in [9.17, 15) is 0 Å². The number of hydrogen-bond donors (Lipinski definition) is 0. The first-order valence-corrected chi connectivity index (χ1v) is 11.3. The third kappa shape index (κ3) is 5.76. The third-order valence-electron chi connectivity index (χ3n) is 5.95. The number of methoxy groups -OCH3 is 4. The molecule has 2 aromatic rings. The number of rotatable bonds is 9. The lowest BCUT2D eigenvalue weighted by Crippen LogP contribution is -2.22. The summed E-state index contributed by atoms with van der Waals surface area (Å²) < 4.78 is 21.6. The SMILES string of the molecule is COc1cc(CN2C=CC(C3=CCN(Cc4cc(OC)cc(OC)c4)C=C3)=CC2)cc(OC)c1. The van der Waals surface area contributed by atoms with E-state index in [-0.39, 0.29) is 0 Å². The largest absolute Gasteiger partial charge is 0.497 e. The van der Waals surface area contributed by atoms with Crippen LogP contribution in [0.2, 0.25) is 0 Å². The van der Waals surface area contributed by atoms with Gasteiger partial charge in [-0.2, -0.15) is 0 Å². The molecule has 34 heavy (non-hydrogen) atoms. The summed E-state index contributed by atoms with van der Waals surface area (Å²) in [6.45, 7) is 3.29. The second-order valence-electron chi connectivity index (χ2n) is 8.25. The Morgan fingerprint density at radius 2 is 0.912 bits per heavy atom. The lowest BCUT2D eigenvalue weighted by atomic mass is 10.0. The van der Waals surface area contributed by atoms with Gasteiger partial charge in [0.05, 0.1) is 28.4 Å². The Morgan fingerprint density at radius 3 is 1.18 bits per heavy atom. The van der Waals surface area contributed by atoms with Gasteiger partial charge < -0.3 is 28.7 Å². The predicted molar refractivity (Wildman–Crippen MR) is 134 cm³/mol. The Morgan fingerprint density at radius 1 is 0.559 bits per heavy atom. The highest BCUT2D eigenvalue weighted by molar-refractivity contribution is 5.49. The van der Waals surface area contributed by atoms with Crippen LogP contribution in [-0.2, 0) is 13.1 Å². The van der Waals surface area contributed by atoms with Gasteiger partial charge in [-0.3, -0.25) is 0 Å². The van der Waals surface area contributed by atoms with Gasteiger partial charge in [0.2, 0.25) is 0 Å². The summed E-state index contributed by atoms with van der Waals surface area (Å²) in [7, 11) is 6.70. The third-order valence-corrected chi connectivity index (χ3v) is 5.95. The molecule has 0 saturated heterocycles. The van der Waals surface area contributed by atoms with Gasteiger partial charge in [-0.25, -0.2) is 0 Å². The van der Waals surface area contributed by atoms with Crippen molar-refractivity contribution in [2.45, 2.75) is 13.1 Å². The van der Waals surface area contributed by atoms with E-state index in [1.54, 1.807) is 28.4 Å². The number of benzene rings is 2. The first-order chi connectivity index (χ1) is 16.6. The van der Waals surface area contributed by atoms with Crippen molar-refractivity contribution in [3.63, 3.8) is 0 Å². The number of hydrogen-bond acceptors (Lipinski definition) is 6. The number of nitrogens with zero attached hydrogens (tertiary/aromatic N) is 2. The van der Waals surface area contributed by atoms with Crippen molar-refractivity contribution in [3.8, 4) is 23.0 Å². The van der Waals surface area contributed by atoms with Crippen LogP contribution in [0.3, 0.4) is 0 Å². The highest BCUT2D eigenvalue weighted by Gasteiger charge is 2.13. The molecule has 0 aromatic heterocycles. The molecule has 0 radical (unpaired) electrons. The van der Waals surface area contributed by atoms with Gasteiger partial charge in [0.25, 0.3) is 0 Å². The molecule has 2 aliphatic rings. The van der Waals surface area contributed by atoms with Crippen LogP contribution < -0.4 is 18.9 Å². The molecule has 0 N–H and O–H groups in total. The van der Waals surface area contributed by atoms with Crippen molar-refractivity contribution in [1.82, 2.24) is 9.80 Å². The molecule has 6 nitrogen and oxygen atoms in total. The molecule has 0 unspecified atom stereocenters. The Bertz CT molecular complexity index is 999. The van der Waals surface area contributed by atoms with Crippen molar-refractivity contribution in [1.29, 1.82) is 0 Å². The zero-order chi connectivity index (χ0) is 23.9. The van der Waals surface area contributed by atoms with Crippen LogP contribution in [0, 0.1) is 0 Å². The molecule has 178 valence electrons. The Kier molecular flexibility index (Phi) is 7.48. The molecular weight excluding hydrogens is 428 g/mol. The molecule has 2 heterocycles. The summed E-state index contributed by atoms with van der Waals surface area (Å²) in [6, 6.07) is 12.0. The topological polar surface area (TPSA) is 43.4 Å². The van der Waals surface area contributed by atoms with E-state index in [0.29, 0.717) is 0 Å². The monoisotopic (exact) mass is 460 g/mol. The molecule has 0 bridgehead atoms. The molecule has 2 aliphatic heterocycles. The standard InChI is InChI=1S/C28H32N2O4/c1-31-25-13-21(14-26(17-25)32-2)19-29-9-5-23(6-10-29)24-7-11-30(12-8-24)20-22-15-27(33-3)18-28(16-22)34-4/h5-9,11,13-18H,10,12,19-20H2,1-4H3. The lowest BCUT2D eigenvalue weighted by molar-refractivity contribution is 0.381. The van der Waals surface area contributed by atoms with Gasteiger partial charge in [-0.15, -0.1) is 0 Å². The number of ether oxygens (including phenoxy) is 4. The van der Waals surface area contributed by atoms with E-state index in [1.807, 2.05) is 12.1 Å². The average Bonchev–Trinajstić information content (AvgIpc) is 2.89. The van der Waals surface area contributed by atoms with Crippen LogP contribution in [0.15, 0.2) is 84.2 Å². The predicted octanol–water partition coefficient (Wildman–Crippen LogP) is 4.93. The summed E-state index contributed by atoms with van der Waals surface area (Å²) in [4.78, 5) is 4.54. The molecule has 0 amide bonds. The van der Waals surface area contributed by atoms with Crippen LogP contribution >= 0.6 is 0 Å². The van der Waals surface area contributed by atoms with Crippen molar-refractivity contribution in [2.75, 3.05) is 41.5 Å². The normalized spacial score (nSPS) is 15.1. The fourth-order valence-electron chi connectivity index (χ4n) is 4.11. The molecule has 0 aliphatic carbocycles. The van der Waals surface area contributed by atoms with Crippen molar-refractivity contribution >= 4 is 0 Å². The summed E-state index contributed by atoms with van der Waals surface area (Å²) in [5.74, 6) is 3.23. The van der Waals surface area contributed by atoms with Crippen LogP contribution in [-0.4, -0.2) is 51.3 Å². The van der Waals surface area contributed by atoms with Crippen LogP contribution in [0.5, 0.6) is 23.0 Å². The Balaban J connectivity index is 1.34. The molecule has 0 saturated carbocycles. The lowest BCUT2D eigenvalue weighted by Gasteiger charge is -2.26. The highest BCUT2D eigenvalue weighted by atomic mass is 16.5. The first kappa shape index (κ1) is 23.4. The molecule has 2 aromatic carbocycles. The van der Waals surface area contributed by atoms with E-state index >= 15 is 0 Å². The fraction of sp³-hybridized carbons (Fsp3) is 0.286. The smallest absolute Gasteiger partial charge is 0.122 e. The summed E-state index contributed by atoms with van der Waals surface area (Å²) in [5, 5.41) is 0. The van der Waals surface area contributed by atoms with Crippen LogP contribution in [0.1, 0.15) is 11.1 Å². The molecule has 0 fully saturated rings. The Labute approximate surface area is 202 Å². The summed E-state index contributed by atoms with van der Waals surface area (Å²) >= 11 is 0. The fourth-order valence-corrected chi connectivity index (χ4v) is 4.11. The van der Waals surface area contributed by atoms with Crippen LogP contribution in [0.4, 0.5) is 0 Å². The zero-order valence-electron chi connectivity index (χ0n) is 20.3. The summed E-state index contributed by atoms with van der Waals surface area (Å²) in [5.41, 5.74) is 4.80. The van der Waals surface area contributed by atoms with E-state index < -0.39 is 0 Å². The van der Waals surface area contributed by atoms with Gasteiger partial charge in [-0.05, 0) is 58.7 Å². The minimum absolute atomic E-state index is 0.792. The second-order valence-corrected chi connectivity index (χ2v) is 8.25. The average molecular weight is 461 g/mol. The van der Waals surface area contributed by atoms with Gasteiger partial charge in [0.1, 0.15) is 23.0 Å². The minimum Gasteiger partial charge on any atom is -0.497 e. The first-order valence-electron chi connectivity index (χ1n) is 11.3. The van der Waals surface area contributed by atoms with Crippen molar-refractivity contribution in [2.24, 2.45) is 0 Å². The van der Waals surface area contributed by atoms with E-state index in [4.69, 9.17) is 18.9 Å².